The highest BCUT2D eigenvalue weighted by atomic mass is 19.1. The second kappa shape index (κ2) is 10.0. The summed E-state index contributed by atoms with van der Waals surface area (Å²) in [4.78, 5) is 42.8. The Balaban J connectivity index is 1.25. The lowest BCUT2D eigenvalue weighted by atomic mass is 10.0. The first-order valence-corrected chi connectivity index (χ1v) is 11.2. The number of hydrogen-bond acceptors (Lipinski definition) is 4. The van der Waals surface area contributed by atoms with Crippen LogP contribution >= 0.6 is 0 Å². The second-order valence-corrected chi connectivity index (χ2v) is 8.57. The van der Waals surface area contributed by atoms with Crippen molar-refractivity contribution in [1.29, 1.82) is 0 Å². The van der Waals surface area contributed by atoms with Gasteiger partial charge < -0.3 is 19.4 Å². The summed E-state index contributed by atoms with van der Waals surface area (Å²) >= 11 is 0. The van der Waals surface area contributed by atoms with Gasteiger partial charge in [0.25, 0.3) is 5.91 Å². The molecule has 2 heterocycles. The standard InChI is InChI=1S/C25H28FN3O4/c1-18-3-2-4-22(15-18)33-17-23(30)27-11-9-21(10-12-27)29-14-13-28(24(31)25(29)32)16-19-5-7-20(26)8-6-19/h2-8,15,21H,9-14,16-17H2,1H3. The molecule has 0 atom stereocenters. The average Bonchev–Trinajstić information content (AvgIpc) is 2.82. The summed E-state index contributed by atoms with van der Waals surface area (Å²) in [6.45, 7) is 4.18. The molecule has 3 amide bonds. The Hall–Kier alpha value is -3.42. The van der Waals surface area contributed by atoms with Crippen molar-refractivity contribution >= 4 is 17.7 Å². The van der Waals surface area contributed by atoms with Gasteiger partial charge >= 0.3 is 11.8 Å². The van der Waals surface area contributed by atoms with Crippen LogP contribution in [0.2, 0.25) is 0 Å². The lowest BCUT2D eigenvalue weighted by Crippen LogP contribution is -2.59. The van der Waals surface area contributed by atoms with Gasteiger partial charge in [0, 0.05) is 38.8 Å². The van der Waals surface area contributed by atoms with Crippen LogP contribution in [0.25, 0.3) is 0 Å². The molecule has 2 aromatic carbocycles. The number of piperidine rings is 1. The lowest BCUT2D eigenvalue weighted by Gasteiger charge is -2.42. The predicted molar refractivity (Wildman–Crippen MR) is 120 cm³/mol. The first kappa shape index (κ1) is 22.8. The highest BCUT2D eigenvalue weighted by Gasteiger charge is 2.38. The maximum Gasteiger partial charge on any atom is 0.312 e. The fraction of sp³-hybridized carbons (Fsp3) is 0.400. The van der Waals surface area contributed by atoms with Crippen LogP contribution < -0.4 is 4.74 Å². The summed E-state index contributed by atoms with van der Waals surface area (Å²) in [6.07, 6.45) is 1.26. The molecule has 0 spiro atoms. The van der Waals surface area contributed by atoms with E-state index >= 15 is 0 Å². The van der Waals surface area contributed by atoms with E-state index in [0.29, 0.717) is 44.8 Å². The molecule has 8 heteroatoms. The van der Waals surface area contributed by atoms with Gasteiger partial charge in [-0.05, 0) is 55.2 Å². The van der Waals surface area contributed by atoms with Gasteiger partial charge in [0.1, 0.15) is 11.6 Å². The number of hydrogen-bond donors (Lipinski definition) is 0. The zero-order valence-corrected chi connectivity index (χ0v) is 18.7. The van der Waals surface area contributed by atoms with Crippen LogP contribution in [0, 0.1) is 12.7 Å². The van der Waals surface area contributed by atoms with Crippen LogP contribution in [0.4, 0.5) is 4.39 Å². The monoisotopic (exact) mass is 453 g/mol. The summed E-state index contributed by atoms with van der Waals surface area (Å²) in [6, 6.07) is 13.4. The predicted octanol–water partition coefficient (Wildman–Crippen LogP) is 2.37. The maximum atomic E-state index is 13.1. The Bertz CT molecular complexity index is 1020. The summed E-state index contributed by atoms with van der Waals surface area (Å²) in [7, 11) is 0. The van der Waals surface area contributed by atoms with Crippen molar-refractivity contribution in [1.82, 2.24) is 14.7 Å². The van der Waals surface area contributed by atoms with E-state index in [1.54, 1.807) is 21.9 Å². The molecular formula is C25H28FN3O4. The highest BCUT2D eigenvalue weighted by Crippen LogP contribution is 2.21. The van der Waals surface area contributed by atoms with E-state index < -0.39 is 11.8 Å². The number of carbonyl (C=O) groups is 3. The normalized spacial score (nSPS) is 17.5. The lowest BCUT2D eigenvalue weighted by molar-refractivity contribution is -0.159. The number of halogens is 1. The second-order valence-electron chi connectivity index (χ2n) is 8.57. The van der Waals surface area contributed by atoms with Gasteiger partial charge in [-0.1, -0.05) is 24.3 Å². The van der Waals surface area contributed by atoms with E-state index in [4.69, 9.17) is 4.74 Å². The molecule has 2 aliphatic heterocycles. The molecule has 174 valence electrons. The third kappa shape index (κ3) is 5.50. The number of aryl methyl sites for hydroxylation is 1. The van der Waals surface area contributed by atoms with Crippen molar-refractivity contribution in [2.75, 3.05) is 32.8 Å². The molecule has 33 heavy (non-hydrogen) atoms. The molecule has 0 saturated carbocycles. The molecule has 0 unspecified atom stereocenters. The van der Waals surface area contributed by atoms with E-state index in [-0.39, 0.29) is 30.9 Å². The van der Waals surface area contributed by atoms with Gasteiger partial charge in [-0.25, -0.2) is 4.39 Å². The number of carbonyl (C=O) groups excluding carboxylic acids is 3. The van der Waals surface area contributed by atoms with Crippen LogP contribution in [-0.2, 0) is 20.9 Å². The van der Waals surface area contributed by atoms with Crippen molar-refractivity contribution in [3.8, 4) is 5.75 Å². The summed E-state index contributed by atoms with van der Waals surface area (Å²) in [5, 5.41) is 0. The average molecular weight is 454 g/mol. The maximum absolute atomic E-state index is 13.1. The number of rotatable bonds is 6. The first-order valence-electron chi connectivity index (χ1n) is 11.2. The zero-order valence-electron chi connectivity index (χ0n) is 18.7. The minimum absolute atomic E-state index is 0.0202. The van der Waals surface area contributed by atoms with Crippen molar-refractivity contribution in [2.24, 2.45) is 0 Å². The Morgan fingerprint density at radius 3 is 2.42 bits per heavy atom. The number of ether oxygens (including phenoxy) is 1. The van der Waals surface area contributed by atoms with Crippen molar-refractivity contribution in [3.05, 3.63) is 65.5 Å². The van der Waals surface area contributed by atoms with E-state index in [2.05, 4.69) is 0 Å². The molecule has 4 rings (SSSR count). The fourth-order valence-electron chi connectivity index (χ4n) is 4.37. The molecule has 0 aromatic heterocycles. The van der Waals surface area contributed by atoms with Gasteiger partial charge in [-0.2, -0.15) is 0 Å². The quantitative estimate of drug-likeness (QED) is 0.630. The molecule has 2 saturated heterocycles. The molecule has 0 aliphatic carbocycles. The number of benzene rings is 2. The van der Waals surface area contributed by atoms with Crippen molar-refractivity contribution in [3.63, 3.8) is 0 Å². The summed E-state index contributed by atoms with van der Waals surface area (Å²) in [5.41, 5.74) is 1.85. The van der Waals surface area contributed by atoms with Gasteiger partial charge in [0.2, 0.25) is 0 Å². The first-order chi connectivity index (χ1) is 15.9. The molecule has 2 aliphatic rings. The number of piperazine rings is 1. The van der Waals surface area contributed by atoms with E-state index in [1.807, 2.05) is 31.2 Å². The third-order valence-corrected chi connectivity index (χ3v) is 6.24. The molecule has 2 aromatic rings. The Kier molecular flexibility index (Phi) is 6.91. The molecule has 0 radical (unpaired) electrons. The van der Waals surface area contributed by atoms with Gasteiger partial charge in [-0.3, -0.25) is 14.4 Å². The number of nitrogens with zero attached hydrogens (tertiary/aromatic N) is 3. The van der Waals surface area contributed by atoms with Crippen LogP contribution in [0.3, 0.4) is 0 Å². The SMILES string of the molecule is Cc1cccc(OCC(=O)N2CCC(N3CCN(Cc4ccc(F)cc4)C(=O)C3=O)CC2)c1. The largest absolute Gasteiger partial charge is 0.484 e. The summed E-state index contributed by atoms with van der Waals surface area (Å²) < 4.78 is 18.7. The van der Waals surface area contributed by atoms with E-state index in [1.165, 1.54) is 17.0 Å². The molecular weight excluding hydrogens is 425 g/mol. The molecule has 0 bridgehead atoms. The van der Waals surface area contributed by atoms with E-state index in [9.17, 15) is 18.8 Å². The van der Waals surface area contributed by atoms with Crippen molar-refractivity contribution < 1.29 is 23.5 Å². The van der Waals surface area contributed by atoms with Crippen LogP contribution in [0.15, 0.2) is 48.5 Å². The van der Waals surface area contributed by atoms with Crippen LogP contribution in [0.1, 0.15) is 24.0 Å². The minimum Gasteiger partial charge on any atom is -0.484 e. The topological polar surface area (TPSA) is 70.2 Å². The fourth-order valence-corrected chi connectivity index (χ4v) is 4.37. The smallest absolute Gasteiger partial charge is 0.312 e. The van der Waals surface area contributed by atoms with Crippen LogP contribution in [-0.4, -0.2) is 71.2 Å². The van der Waals surface area contributed by atoms with Crippen molar-refractivity contribution in [2.45, 2.75) is 32.4 Å². The van der Waals surface area contributed by atoms with Gasteiger partial charge in [-0.15, -0.1) is 0 Å². The Labute approximate surface area is 192 Å². The van der Waals surface area contributed by atoms with Crippen LogP contribution in [0.5, 0.6) is 5.75 Å². The van der Waals surface area contributed by atoms with Gasteiger partial charge in [0.05, 0.1) is 0 Å². The van der Waals surface area contributed by atoms with Gasteiger partial charge in [0.15, 0.2) is 6.61 Å². The third-order valence-electron chi connectivity index (χ3n) is 6.24. The number of likely N-dealkylation sites (tertiary alicyclic amines) is 1. The highest BCUT2D eigenvalue weighted by molar-refractivity contribution is 6.35. The summed E-state index contributed by atoms with van der Waals surface area (Å²) in [5.74, 6) is -0.786. The Morgan fingerprint density at radius 1 is 1.00 bits per heavy atom. The molecule has 2 fully saturated rings. The Morgan fingerprint density at radius 2 is 1.73 bits per heavy atom. The zero-order chi connectivity index (χ0) is 23.4. The molecule has 0 N–H and O–H groups in total. The minimum atomic E-state index is -0.532. The number of amides is 3. The van der Waals surface area contributed by atoms with E-state index in [0.717, 1.165) is 11.1 Å². The molecule has 7 nitrogen and oxygen atoms in total.